The summed E-state index contributed by atoms with van der Waals surface area (Å²) in [6.07, 6.45) is 0. The summed E-state index contributed by atoms with van der Waals surface area (Å²) in [7, 11) is -4.32. The van der Waals surface area contributed by atoms with Crippen molar-refractivity contribution in [3.63, 3.8) is 0 Å². The molecule has 94 valence electrons. The Bertz CT molecular complexity index is 544. The molecule has 0 unspecified atom stereocenters. The molecule has 5 nitrogen and oxygen atoms in total. The van der Waals surface area contributed by atoms with E-state index in [0.717, 1.165) is 19.1 Å². The number of hydrogen-bond acceptors (Lipinski definition) is 3. The van der Waals surface area contributed by atoms with Crippen molar-refractivity contribution < 1.29 is 27.1 Å². The predicted molar refractivity (Wildman–Crippen MR) is 53.8 cm³/mol. The minimum atomic E-state index is -4.32. The van der Waals surface area contributed by atoms with Crippen LogP contribution in [0.25, 0.3) is 0 Å². The molecule has 0 saturated carbocycles. The van der Waals surface area contributed by atoms with Crippen LogP contribution in [0.15, 0.2) is 23.1 Å². The number of carbonyl (C=O) groups is 1. The van der Waals surface area contributed by atoms with Gasteiger partial charge < -0.3 is 5.11 Å². The summed E-state index contributed by atoms with van der Waals surface area (Å²) in [6, 6.07) is 0.481. The topological polar surface area (TPSA) is 83.5 Å². The van der Waals surface area contributed by atoms with Gasteiger partial charge >= 0.3 is 5.97 Å². The molecule has 0 aliphatic carbocycles. The van der Waals surface area contributed by atoms with Crippen LogP contribution in [0.1, 0.15) is 6.92 Å². The van der Waals surface area contributed by atoms with Gasteiger partial charge in [0, 0.05) is 6.07 Å². The van der Waals surface area contributed by atoms with Crippen molar-refractivity contribution >= 4 is 16.0 Å². The average molecular weight is 265 g/mol. The van der Waals surface area contributed by atoms with Gasteiger partial charge in [0.15, 0.2) is 0 Å². The zero-order valence-corrected chi connectivity index (χ0v) is 9.46. The van der Waals surface area contributed by atoms with Crippen molar-refractivity contribution in [3.8, 4) is 0 Å². The zero-order valence-electron chi connectivity index (χ0n) is 8.65. The molecule has 0 radical (unpaired) electrons. The van der Waals surface area contributed by atoms with Crippen LogP contribution in [0.4, 0.5) is 8.78 Å². The van der Waals surface area contributed by atoms with Gasteiger partial charge in [0.2, 0.25) is 10.0 Å². The summed E-state index contributed by atoms with van der Waals surface area (Å²) in [6.45, 7) is 1.08. The van der Waals surface area contributed by atoms with E-state index in [-0.39, 0.29) is 0 Å². The molecular weight excluding hydrogens is 256 g/mol. The van der Waals surface area contributed by atoms with E-state index >= 15 is 0 Å². The molecular formula is C9H9F2NO4S. The van der Waals surface area contributed by atoms with E-state index in [4.69, 9.17) is 5.11 Å². The molecule has 8 heteroatoms. The Hall–Kier alpha value is -1.54. The molecule has 0 amide bonds. The maximum absolute atomic E-state index is 13.2. The molecule has 0 fully saturated rings. The fourth-order valence-electron chi connectivity index (χ4n) is 1.04. The summed E-state index contributed by atoms with van der Waals surface area (Å²) >= 11 is 0. The van der Waals surface area contributed by atoms with Crippen LogP contribution in [0, 0.1) is 11.6 Å². The van der Waals surface area contributed by atoms with E-state index in [1.807, 2.05) is 0 Å². The second-order valence-corrected chi connectivity index (χ2v) is 4.94. The molecule has 0 aliphatic rings. The summed E-state index contributed by atoms with van der Waals surface area (Å²) in [4.78, 5) is 9.67. The molecule has 0 spiro atoms. The zero-order chi connectivity index (χ0) is 13.2. The molecule has 17 heavy (non-hydrogen) atoms. The summed E-state index contributed by atoms with van der Waals surface area (Å²) in [5, 5.41) is 8.52. The maximum atomic E-state index is 13.2. The third-order valence-corrected chi connectivity index (χ3v) is 3.46. The first-order valence-corrected chi connectivity index (χ1v) is 5.92. The van der Waals surface area contributed by atoms with Crippen LogP contribution in [0.5, 0.6) is 0 Å². The SMILES string of the molecule is C[C@@H](NS(=O)(=O)c1ccc(F)cc1F)C(=O)O. The smallest absolute Gasteiger partial charge is 0.321 e. The molecule has 0 heterocycles. The van der Waals surface area contributed by atoms with Crippen molar-refractivity contribution in [2.45, 2.75) is 17.9 Å². The van der Waals surface area contributed by atoms with E-state index < -0.39 is 38.6 Å². The first kappa shape index (κ1) is 13.5. The quantitative estimate of drug-likeness (QED) is 0.840. The Labute approximate surface area is 96.1 Å². The van der Waals surface area contributed by atoms with E-state index in [0.29, 0.717) is 6.07 Å². The first-order chi connectivity index (χ1) is 7.74. The minimum absolute atomic E-state index is 0.403. The number of carboxylic acids is 1. The number of halogens is 2. The third-order valence-electron chi connectivity index (χ3n) is 1.89. The van der Waals surface area contributed by atoms with Crippen LogP contribution in [-0.4, -0.2) is 25.5 Å². The normalized spacial score (nSPS) is 13.4. The van der Waals surface area contributed by atoms with E-state index in [9.17, 15) is 22.0 Å². The van der Waals surface area contributed by atoms with E-state index in [1.54, 1.807) is 4.72 Å². The maximum Gasteiger partial charge on any atom is 0.321 e. The van der Waals surface area contributed by atoms with Gasteiger partial charge in [0.05, 0.1) is 0 Å². The molecule has 1 rings (SSSR count). The lowest BCUT2D eigenvalue weighted by atomic mass is 10.3. The number of benzene rings is 1. The number of aliphatic carboxylic acids is 1. The molecule has 2 N–H and O–H groups in total. The highest BCUT2D eigenvalue weighted by Crippen LogP contribution is 2.15. The van der Waals surface area contributed by atoms with Gasteiger partial charge in [-0.15, -0.1) is 0 Å². The molecule has 0 saturated heterocycles. The second kappa shape index (κ2) is 4.76. The largest absolute Gasteiger partial charge is 0.480 e. The molecule has 0 aromatic heterocycles. The third kappa shape index (κ3) is 3.21. The molecule has 1 aromatic rings. The minimum Gasteiger partial charge on any atom is -0.480 e. The number of rotatable bonds is 4. The van der Waals surface area contributed by atoms with Gasteiger partial charge in [-0.25, -0.2) is 17.2 Å². The molecule has 1 aromatic carbocycles. The van der Waals surface area contributed by atoms with Crippen LogP contribution >= 0.6 is 0 Å². The Morgan fingerprint density at radius 2 is 2.00 bits per heavy atom. The summed E-state index contributed by atoms with van der Waals surface area (Å²) in [5.74, 6) is -3.61. The van der Waals surface area contributed by atoms with Gasteiger partial charge in [-0.05, 0) is 19.1 Å². The Balaban J connectivity index is 3.10. The van der Waals surface area contributed by atoms with Gasteiger partial charge in [0.25, 0.3) is 0 Å². The monoisotopic (exact) mass is 265 g/mol. The standard InChI is InChI=1S/C9H9F2NO4S/c1-5(9(13)14)12-17(15,16)8-3-2-6(10)4-7(8)11/h2-5,12H,1H3,(H,13,14)/t5-/m1/s1. The van der Waals surface area contributed by atoms with E-state index in [2.05, 4.69) is 0 Å². The summed E-state index contributed by atoms with van der Waals surface area (Å²) in [5.41, 5.74) is 0. The Kier molecular flexibility index (Phi) is 3.79. The van der Waals surface area contributed by atoms with Crippen molar-refractivity contribution in [2.24, 2.45) is 0 Å². The van der Waals surface area contributed by atoms with Gasteiger partial charge in [-0.2, -0.15) is 4.72 Å². The van der Waals surface area contributed by atoms with Crippen molar-refractivity contribution in [1.82, 2.24) is 4.72 Å². The highest BCUT2D eigenvalue weighted by molar-refractivity contribution is 7.89. The first-order valence-electron chi connectivity index (χ1n) is 4.44. The average Bonchev–Trinajstić information content (AvgIpc) is 2.15. The molecule has 1 atom stereocenters. The van der Waals surface area contributed by atoms with Crippen molar-refractivity contribution in [1.29, 1.82) is 0 Å². The van der Waals surface area contributed by atoms with Gasteiger partial charge in [-0.1, -0.05) is 0 Å². The number of sulfonamides is 1. The lowest BCUT2D eigenvalue weighted by Crippen LogP contribution is -2.38. The Morgan fingerprint density at radius 1 is 1.41 bits per heavy atom. The van der Waals surface area contributed by atoms with Gasteiger partial charge in [-0.3, -0.25) is 4.79 Å². The molecule has 0 aliphatic heterocycles. The van der Waals surface area contributed by atoms with Crippen molar-refractivity contribution in [2.75, 3.05) is 0 Å². The van der Waals surface area contributed by atoms with Crippen LogP contribution in [-0.2, 0) is 14.8 Å². The highest BCUT2D eigenvalue weighted by Gasteiger charge is 2.24. The number of nitrogens with one attached hydrogen (secondary N) is 1. The second-order valence-electron chi connectivity index (χ2n) is 3.26. The molecule has 0 bridgehead atoms. The predicted octanol–water partition coefficient (Wildman–Crippen LogP) is 0.716. The van der Waals surface area contributed by atoms with Crippen molar-refractivity contribution in [3.05, 3.63) is 29.8 Å². The summed E-state index contributed by atoms with van der Waals surface area (Å²) < 4.78 is 50.6. The lowest BCUT2D eigenvalue weighted by molar-refractivity contribution is -0.138. The fraction of sp³-hybridized carbons (Fsp3) is 0.222. The lowest BCUT2D eigenvalue weighted by Gasteiger charge is -2.10. The van der Waals surface area contributed by atoms with Crippen LogP contribution < -0.4 is 4.72 Å². The number of carboxylic acid groups (broad SMARTS) is 1. The van der Waals surface area contributed by atoms with Crippen LogP contribution in [0.3, 0.4) is 0 Å². The number of hydrogen-bond donors (Lipinski definition) is 2. The van der Waals surface area contributed by atoms with Crippen LogP contribution in [0.2, 0.25) is 0 Å². The van der Waals surface area contributed by atoms with Gasteiger partial charge in [0.1, 0.15) is 22.6 Å². The fourth-order valence-corrected chi connectivity index (χ4v) is 2.30. The van der Waals surface area contributed by atoms with E-state index in [1.165, 1.54) is 0 Å². The highest BCUT2D eigenvalue weighted by atomic mass is 32.2. The Morgan fingerprint density at radius 3 is 2.47 bits per heavy atom.